The number of halogens is 1. The molecular weight excluding hydrogens is 244 g/mol. The van der Waals surface area contributed by atoms with E-state index in [0.717, 1.165) is 5.69 Å². The highest BCUT2D eigenvalue weighted by molar-refractivity contribution is 6.30. The molecular formula is C11H11ClN2O3. The van der Waals surface area contributed by atoms with Crippen LogP contribution in [0.3, 0.4) is 0 Å². The third-order valence-corrected chi connectivity index (χ3v) is 2.81. The topological polar surface area (TPSA) is 69.6 Å². The summed E-state index contributed by atoms with van der Waals surface area (Å²) < 4.78 is 0. The minimum absolute atomic E-state index is 0.158. The summed E-state index contributed by atoms with van der Waals surface area (Å²) in [5.41, 5.74) is 0.788. The number of carbonyl (C=O) groups excluding carboxylic acids is 1. The van der Waals surface area contributed by atoms with Gasteiger partial charge in [-0.15, -0.1) is 0 Å². The van der Waals surface area contributed by atoms with E-state index < -0.39 is 12.0 Å². The van der Waals surface area contributed by atoms with Crippen molar-refractivity contribution >= 4 is 29.2 Å². The lowest BCUT2D eigenvalue weighted by Crippen LogP contribution is -2.57. The van der Waals surface area contributed by atoms with Gasteiger partial charge >= 0.3 is 5.97 Å². The van der Waals surface area contributed by atoms with Gasteiger partial charge in [0.2, 0.25) is 5.91 Å². The highest BCUT2D eigenvalue weighted by Gasteiger charge is 2.29. The zero-order valence-corrected chi connectivity index (χ0v) is 9.65. The van der Waals surface area contributed by atoms with Crippen molar-refractivity contribution in [2.45, 2.75) is 6.04 Å². The quantitative estimate of drug-likeness (QED) is 0.816. The van der Waals surface area contributed by atoms with E-state index in [2.05, 4.69) is 5.32 Å². The molecule has 1 amide bonds. The van der Waals surface area contributed by atoms with Crippen molar-refractivity contribution in [3.8, 4) is 0 Å². The molecule has 0 radical (unpaired) electrons. The van der Waals surface area contributed by atoms with Gasteiger partial charge in [0.05, 0.1) is 6.54 Å². The van der Waals surface area contributed by atoms with Crippen molar-refractivity contribution < 1.29 is 14.7 Å². The van der Waals surface area contributed by atoms with E-state index in [4.69, 9.17) is 16.7 Å². The molecule has 0 bridgehead atoms. The molecule has 90 valence electrons. The Kier molecular flexibility index (Phi) is 3.19. The largest absolute Gasteiger partial charge is 0.480 e. The monoisotopic (exact) mass is 254 g/mol. The number of carboxylic acids is 1. The van der Waals surface area contributed by atoms with Crippen LogP contribution in [0.4, 0.5) is 5.69 Å². The fourth-order valence-electron chi connectivity index (χ4n) is 1.73. The molecule has 5 nitrogen and oxygen atoms in total. The number of amides is 1. The average Bonchev–Trinajstić information content (AvgIpc) is 2.29. The number of aliphatic carboxylic acids is 1. The second kappa shape index (κ2) is 4.63. The molecule has 1 atom stereocenters. The highest BCUT2D eigenvalue weighted by Crippen LogP contribution is 2.19. The fourth-order valence-corrected chi connectivity index (χ4v) is 1.86. The number of hydrogen-bond donors (Lipinski definition) is 2. The standard InChI is InChI=1S/C11H11ClN2O3/c12-7-1-3-8(4-2-7)14-5-9(11(16)17)13-10(15)6-14/h1-4,9H,5-6H2,(H,13,15)(H,16,17). The Morgan fingerprint density at radius 2 is 2.06 bits per heavy atom. The number of nitrogens with zero attached hydrogens (tertiary/aromatic N) is 1. The van der Waals surface area contributed by atoms with E-state index >= 15 is 0 Å². The van der Waals surface area contributed by atoms with Gasteiger partial charge in [0.1, 0.15) is 6.04 Å². The van der Waals surface area contributed by atoms with Gasteiger partial charge in [-0.25, -0.2) is 4.79 Å². The molecule has 6 heteroatoms. The first-order valence-corrected chi connectivity index (χ1v) is 5.47. The summed E-state index contributed by atoms with van der Waals surface area (Å²) in [6.07, 6.45) is 0. The number of benzene rings is 1. The molecule has 1 aromatic rings. The van der Waals surface area contributed by atoms with Crippen LogP contribution in [0.2, 0.25) is 5.02 Å². The predicted molar refractivity (Wildman–Crippen MR) is 63.2 cm³/mol. The van der Waals surface area contributed by atoms with Crippen molar-refractivity contribution in [1.82, 2.24) is 5.32 Å². The van der Waals surface area contributed by atoms with Gasteiger partial charge in [0.25, 0.3) is 0 Å². The molecule has 2 rings (SSSR count). The molecule has 1 aliphatic heterocycles. The molecule has 17 heavy (non-hydrogen) atoms. The van der Waals surface area contributed by atoms with Crippen LogP contribution >= 0.6 is 11.6 Å². The first-order valence-electron chi connectivity index (χ1n) is 5.09. The Labute approximate surface area is 103 Å². The van der Waals surface area contributed by atoms with Crippen LogP contribution in [0.15, 0.2) is 24.3 Å². The van der Waals surface area contributed by atoms with E-state index in [-0.39, 0.29) is 19.0 Å². The average molecular weight is 255 g/mol. The normalized spacial score (nSPS) is 19.9. The first kappa shape index (κ1) is 11.7. The van der Waals surface area contributed by atoms with Crippen LogP contribution in [0.1, 0.15) is 0 Å². The highest BCUT2D eigenvalue weighted by atomic mass is 35.5. The minimum atomic E-state index is -1.03. The van der Waals surface area contributed by atoms with Gasteiger partial charge in [0.15, 0.2) is 0 Å². The van der Waals surface area contributed by atoms with Gasteiger partial charge in [-0.05, 0) is 24.3 Å². The van der Waals surface area contributed by atoms with Gasteiger partial charge in [0, 0.05) is 17.3 Å². The first-order chi connectivity index (χ1) is 8.06. The Balaban J connectivity index is 2.18. The molecule has 1 aromatic carbocycles. The third-order valence-electron chi connectivity index (χ3n) is 2.56. The van der Waals surface area contributed by atoms with Crippen LogP contribution < -0.4 is 10.2 Å². The summed E-state index contributed by atoms with van der Waals surface area (Å²) in [7, 11) is 0. The zero-order valence-electron chi connectivity index (χ0n) is 8.89. The molecule has 0 saturated carbocycles. The number of rotatable bonds is 2. The van der Waals surface area contributed by atoms with Gasteiger partial charge in [-0.2, -0.15) is 0 Å². The molecule has 1 heterocycles. The van der Waals surface area contributed by atoms with Gasteiger partial charge < -0.3 is 15.3 Å². The Morgan fingerprint density at radius 1 is 1.41 bits per heavy atom. The maximum Gasteiger partial charge on any atom is 0.328 e. The van der Waals surface area contributed by atoms with Crippen LogP contribution in [-0.2, 0) is 9.59 Å². The second-order valence-electron chi connectivity index (χ2n) is 3.82. The third kappa shape index (κ3) is 2.68. The van der Waals surface area contributed by atoms with Crippen LogP contribution in [-0.4, -0.2) is 36.1 Å². The van der Waals surface area contributed by atoms with Crippen LogP contribution in [0, 0.1) is 0 Å². The molecule has 1 saturated heterocycles. The van der Waals surface area contributed by atoms with E-state index in [1.54, 1.807) is 29.2 Å². The molecule has 0 aromatic heterocycles. The molecule has 0 aliphatic carbocycles. The van der Waals surface area contributed by atoms with Crippen molar-refractivity contribution in [2.75, 3.05) is 18.0 Å². The smallest absolute Gasteiger partial charge is 0.328 e. The minimum Gasteiger partial charge on any atom is -0.480 e. The molecule has 0 spiro atoms. The van der Waals surface area contributed by atoms with Crippen molar-refractivity contribution in [3.05, 3.63) is 29.3 Å². The number of anilines is 1. The lowest BCUT2D eigenvalue weighted by atomic mass is 10.2. The zero-order chi connectivity index (χ0) is 12.4. The molecule has 1 unspecified atom stereocenters. The number of hydrogen-bond acceptors (Lipinski definition) is 3. The second-order valence-corrected chi connectivity index (χ2v) is 4.25. The number of carbonyl (C=O) groups is 2. The number of nitrogens with one attached hydrogen (secondary N) is 1. The lowest BCUT2D eigenvalue weighted by Gasteiger charge is -2.32. The molecule has 1 fully saturated rings. The van der Waals surface area contributed by atoms with E-state index in [0.29, 0.717) is 5.02 Å². The fraction of sp³-hybridized carbons (Fsp3) is 0.273. The SMILES string of the molecule is O=C1CN(c2ccc(Cl)cc2)CC(C(=O)O)N1. The summed E-state index contributed by atoms with van der Waals surface area (Å²) in [4.78, 5) is 24.0. The Bertz CT molecular complexity index is 447. The van der Waals surface area contributed by atoms with Gasteiger partial charge in [-0.3, -0.25) is 4.79 Å². The molecule has 2 N–H and O–H groups in total. The van der Waals surface area contributed by atoms with E-state index in [1.165, 1.54) is 0 Å². The summed E-state index contributed by atoms with van der Waals surface area (Å²) in [6, 6.07) is 6.07. The van der Waals surface area contributed by atoms with Crippen molar-refractivity contribution in [3.63, 3.8) is 0 Å². The van der Waals surface area contributed by atoms with Crippen molar-refractivity contribution in [2.24, 2.45) is 0 Å². The predicted octanol–water partition coefficient (Wildman–Crippen LogP) is 0.729. The van der Waals surface area contributed by atoms with Crippen LogP contribution in [0.5, 0.6) is 0 Å². The number of carboxylic acid groups (broad SMARTS) is 1. The molecule has 1 aliphatic rings. The summed E-state index contributed by atoms with van der Waals surface area (Å²) in [6.45, 7) is 0.411. The van der Waals surface area contributed by atoms with E-state index in [1.807, 2.05) is 0 Å². The Hall–Kier alpha value is -1.75. The van der Waals surface area contributed by atoms with Gasteiger partial charge in [-0.1, -0.05) is 11.6 Å². The maximum absolute atomic E-state index is 11.4. The lowest BCUT2D eigenvalue weighted by molar-refractivity contribution is -0.142. The summed E-state index contributed by atoms with van der Waals surface area (Å²) >= 11 is 5.77. The number of piperazine rings is 1. The summed E-state index contributed by atoms with van der Waals surface area (Å²) in [5, 5.41) is 11.9. The van der Waals surface area contributed by atoms with E-state index in [9.17, 15) is 9.59 Å². The Morgan fingerprint density at radius 3 is 2.65 bits per heavy atom. The van der Waals surface area contributed by atoms with Crippen molar-refractivity contribution in [1.29, 1.82) is 0 Å². The maximum atomic E-state index is 11.4. The van der Waals surface area contributed by atoms with Crippen LogP contribution in [0.25, 0.3) is 0 Å². The summed E-state index contributed by atoms with van der Waals surface area (Å²) in [5.74, 6) is -1.32.